The molecule has 106 valence electrons. The molecule has 0 bridgehead atoms. The van der Waals surface area contributed by atoms with Crippen molar-refractivity contribution in [3.05, 3.63) is 33.1 Å². The van der Waals surface area contributed by atoms with E-state index in [1.807, 2.05) is 0 Å². The number of halogens is 1. The lowest BCUT2D eigenvalue weighted by molar-refractivity contribution is -0.385. The Morgan fingerprint density at radius 1 is 1.45 bits per heavy atom. The highest BCUT2D eigenvalue weighted by atomic mass is 35.5. The Balaban J connectivity index is 1.84. The lowest BCUT2D eigenvalue weighted by Crippen LogP contribution is -2.32. The van der Waals surface area contributed by atoms with Crippen molar-refractivity contribution in [2.24, 2.45) is 11.8 Å². The van der Waals surface area contributed by atoms with Crippen molar-refractivity contribution >= 4 is 23.2 Å². The Morgan fingerprint density at radius 3 is 2.70 bits per heavy atom. The molecule has 7 nitrogen and oxygen atoms in total. The molecule has 1 N–H and O–H groups in total. The van der Waals surface area contributed by atoms with Crippen LogP contribution in [-0.4, -0.2) is 46.9 Å². The maximum atomic E-state index is 12.4. The SMILES string of the molecule is O=C(c1cc([N+](=O)[O-])cnc1Cl)N1C[C@H]2CNC[C@H]2C1. The molecule has 2 aliphatic rings. The van der Waals surface area contributed by atoms with E-state index in [0.717, 1.165) is 19.3 Å². The molecule has 0 saturated carbocycles. The van der Waals surface area contributed by atoms with Crippen molar-refractivity contribution in [2.75, 3.05) is 26.2 Å². The molecule has 0 unspecified atom stereocenters. The number of fused-ring (bicyclic) bond motifs is 1. The maximum Gasteiger partial charge on any atom is 0.288 e. The number of pyridine rings is 1. The molecular weight excluding hydrogens is 284 g/mol. The van der Waals surface area contributed by atoms with E-state index < -0.39 is 4.92 Å². The van der Waals surface area contributed by atoms with E-state index in [2.05, 4.69) is 10.3 Å². The minimum atomic E-state index is -0.581. The Bertz CT molecular complexity index is 568. The lowest BCUT2D eigenvalue weighted by atomic mass is 10.0. The van der Waals surface area contributed by atoms with Crippen molar-refractivity contribution in [1.82, 2.24) is 15.2 Å². The summed E-state index contributed by atoms with van der Waals surface area (Å²) in [4.78, 5) is 28.0. The highest BCUT2D eigenvalue weighted by molar-refractivity contribution is 6.32. The van der Waals surface area contributed by atoms with Gasteiger partial charge in [-0.1, -0.05) is 11.6 Å². The van der Waals surface area contributed by atoms with E-state index in [-0.39, 0.29) is 22.3 Å². The number of nitrogens with zero attached hydrogens (tertiary/aromatic N) is 3. The van der Waals surface area contributed by atoms with Gasteiger partial charge < -0.3 is 10.2 Å². The van der Waals surface area contributed by atoms with Gasteiger partial charge in [0.25, 0.3) is 11.6 Å². The zero-order valence-electron chi connectivity index (χ0n) is 10.6. The molecule has 1 aromatic rings. The predicted molar refractivity (Wildman–Crippen MR) is 71.7 cm³/mol. The third-order valence-electron chi connectivity index (χ3n) is 3.94. The Labute approximate surface area is 120 Å². The van der Waals surface area contributed by atoms with Crippen molar-refractivity contribution in [3.63, 3.8) is 0 Å². The highest BCUT2D eigenvalue weighted by Crippen LogP contribution is 2.29. The fourth-order valence-electron chi connectivity index (χ4n) is 2.88. The number of aromatic nitrogens is 1. The van der Waals surface area contributed by atoms with Crippen molar-refractivity contribution in [3.8, 4) is 0 Å². The van der Waals surface area contributed by atoms with Crippen LogP contribution in [0, 0.1) is 22.0 Å². The van der Waals surface area contributed by atoms with Crippen LogP contribution in [0.4, 0.5) is 5.69 Å². The van der Waals surface area contributed by atoms with E-state index in [4.69, 9.17) is 11.6 Å². The summed E-state index contributed by atoms with van der Waals surface area (Å²) in [6, 6.07) is 1.20. The molecule has 1 aromatic heterocycles. The smallest absolute Gasteiger partial charge is 0.288 e. The first-order chi connectivity index (χ1) is 9.56. The standard InChI is InChI=1S/C12H13ClN4O3/c13-11-10(1-9(4-15-11)17(19)20)12(18)16-5-7-2-14-3-8(7)6-16/h1,4,7-8,14H,2-3,5-6H2/t7-,8+. The summed E-state index contributed by atoms with van der Waals surface area (Å²) in [7, 11) is 0. The summed E-state index contributed by atoms with van der Waals surface area (Å²) in [5, 5.41) is 14.1. The normalized spacial score (nSPS) is 24.8. The number of nitrogens with one attached hydrogen (secondary N) is 1. The van der Waals surface area contributed by atoms with Crippen LogP contribution in [0.3, 0.4) is 0 Å². The van der Waals surface area contributed by atoms with Crippen LogP contribution >= 0.6 is 11.6 Å². The van der Waals surface area contributed by atoms with Crippen LogP contribution in [0.2, 0.25) is 5.15 Å². The van der Waals surface area contributed by atoms with E-state index in [0.29, 0.717) is 24.9 Å². The molecule has 3 rings (SSSR count). The maximum absolute atomic E-state index is 12.4. The molecule has 2 aliphatic heterocycles. The molecule has 2 saturated heterocycles. The summed E-state index contributed by atoms with van der Waals surface area (Å²) in [6.45, 7) is 3.15. The number of rotatable bonds is 2. The molecule has 0 radical (unpaired) electrons. The van der Waals surface area contributed by atoms with Crippen LogP contribution in [0.15, 0.2) is 12.3 Å². The van der Waals surface area contributed by atoms with E-state index in [1.54, 1.807) is 4.90 Å². The topological polar surface area (TPSA) is 88.4 Å². The van der Waals surface area contributed by atoms with Crippen molar-refractivity contribution in [1.29, 1.82) is 0 Å². The van der Waals surface area contributed by atoms with Crippen LogP contribution in [0.25, 0.3) is 0 Å². The number of carbonyl (C=O) groups is 1. The first kappa shape index (κ1) is 13.3. The number of nitro groups is 1. The molecule has 8 heteroatoms. The number of carbonyl (C=O) groups excluding carboxylic acids is 1. The third kappa shape index (κ3) is 2.23. The van der Waals surface area contributed by atoms with Gasteiger partial charge in [-0.25, -0.2) is 4.98 Å². The van der Waals surface area contributed by atoms with Crippen LogP contribution in [0.1, 0.15) is 10.4 Å². The lowest BCUT2D eigenvalue weighted by Gasteiger charge is -2.17. The Kier molecular flexibility index (Phi) is 3.31. The van der Waals surface area contributed by atoms with Crippen LogP contribution < -0.4 is 5.32 Å². The van der Waals surface area contributed by atoms with Gasteiger partial charge in [0, 0.05) is 32.2 Å². The molecule has 0 aromatic carbocycles. The van der Waals surface area contributed by atoms with Gasteiger partial charge in [0.1, 0.15) is 11.3 Å². The highest BCUT2D eigenvalue weighted by Gasteiger charge is 2.39. The molecule has 20 heavy (non-hydrogen) atoms. The second-order valence-electron chi connectivity index (χ2n) is 5.18. The van der Waals surface area contributed by atoms with Crippen LogP contribution in [0.5, 0.6) is 0 Å². The van der Waals surface area contributed by atoms with E-state index in [9.17, 15) is 14.9 Å². The minimum absolute atomic E-state index is 0.00999. The summed E-state index contributed by atoms with van der Waals surface area (Å²) >= 11 is 5.90. The van der Waals surface area contributed by atoms with Gasteiger partial charge in [-0.2, -0.15) is 0 Å². The number of amides is 1. The van der Waals surface area contributed by atoms with Crippen molar-refractivity contribution in [2.45, 2.75) is 0 Å². The van der Waals surface area contributed by atoms with E-state index in [1.165, 1.54) is 6.07 Å². The van der Waals surface area contributed by atoms with Crippen LogP contribution in [-0.2, 0) is 0 Å². The molecule has 1 amide bonds. The molecule has 2 atom stereocenters. The number of hydrogen-bond acceptors (Lipinski definition) is 5. The van der Waals surface area contributed by atoms with E-state index >= 15 is 0 Å². The van der Waals surface area contributed by atoms with Gasteiger partial charge in [0.05, 0.1) is 10.5 Å². The zero-order chi connectivity index (χ0) is 14.3. The third-order valence-corrected chi connectivity index (χ3v) is 4.24. The second kappa shape index (κ2) is 4.99. The monoisotopic (exact) mass is 296 g/mol. The molecule has 0 spiro atoms. The summed E-state index contributed by atoms with van der Waals surface area (Å²) < 4.78 is 0. The average molecular weight is 297 g/mol. The number of hydrogen-bond donors (Lipinski definition) is 1. The molecule has 3 heterocycles. The Hall–Kier alpha value is -1.73. The van der Waals surface area contributed by atoms with Gasteiger partial charge in [0.15, 0.2) is 0 Å². The minimum Gasteiger partial charge on any atom is -0.338 e. The van der Waals surface area contributed by atoms with Crippen molar-refractivity contribution < 1.29 is 9.72 Å². The molecule has 2 fully saturated rings. The van der Waals surface area contributed by atoms with Gasteiger partial charge in [-0.3, -0.25) is 14.9 Å². The fraction of sp³-hybridized carbons (Fsp3) is 0.500. The summed E-state index contributed by atoms with van der Waals surface area (Å²) in [5.41, 5.74) is -0.118. The summed E-state index contributed by atoms with van der Waals surface area (Å²) in [5.74, 6) is 0.648. The number of likely N-dealkylation sites (tertiary alicyclic amines) is 1. The average Bonchev–Trinajstić information content (AvgIpc) is 2.98. The van der Waals surface area contributed by atoms with Gasteiger partial charge in [-0.15, -0.1) is 0 Å². The first-order valence-corrected chi connectivity index (χ1v) is 6.74. The predicted octanol–water partition coefficient (Wildman–Crippen LogP) is 0.935. The van der Waals surface area contributed by atoms with Gasteiger partial charge in [-0.05, 0) is 11.8 Å². The quantitative estimate of drug-likeness (QED) is 0.498. The summed E-state index contributed by atoms with van der Waals surface area (Å²) in [6.07, 6.45) is 1.06. The molecule has 0 aliphatic carbocycles. The van der Waals surface area contributed by atoms with Gasteiger partial charge >= 0.3 is 0 Å². The Morgan fingerprint density at radius 2 is 2.10 bits per heavy atom. The second-order valence-corrected chi connectivity index (χ2v) is 5.54. The first-order valence-electron chi connectivity index (χ1n) is 6.36. The van der Waals surface area contributed by atoms with Gasteiger partial charge in [0.2, 0.25) is 0 Å². The zero-order valence-corrected chi connectivity index (χ0v) is 11.3. The molecular formula is C12H13ClN4O3. The largest absolute Gasteiger partial charge is 0.338 e. The fourth-order valence-corrected chi connectivity index (χ4v) is 3.06.